The quantitative estimate of drug-likeness (QED) is 0.459. The first-order chi connectivity index (χ1) is 10.9. The number of benzene rings is 2. The van der Waals surface area contributed by atoms with E-state index in [0.717, 1.165) is 20.3 Å². The van der Waals surface area contributed by atoms with Crippen LogP contribution < -0.4 is 33.8 Å². The number of halogens is 2. The maximum Gasteiger partial charge on any atom is 0.267 e. The molecule has 0 radical (unpaired) electrons. The summed E-state index contributed by atoms with van der Waals surface area (Å²) < 4.78 is 1.75. The van der Waals surface area contributed by atoms with E-state index in [1.807, 2.05) is 48.5 Å². The molecule has 0 spiro atoms. The molecule has 0 aliphatic carbocycles. The van der Waals surface area contributed by atoms with Gasteiger partial charge in [0.1, 0.15) is 10.6 Å². The Balaban J connectivity index is 0.00000208. The lowest BCUT2D eigenvalue weighted by atomic mass is 10.2. The SMILES string of the molecule is C[N+](C)(C)c1ccc(NC(=O)c2sc3ccccc3c2Cl)cc1.[I-]. The number of carbonyl (C=O) groups is 1. The van der Waals surface area contributed by atoms with Crippen molar-refractivity contribution in [2.75, 3.05) is 26.5 Å². The molecule has 3 nitrogen and oxygen atoms in total. The molecule has 0 saturated heterocycles. The van der Waals surface area contributed by atoms with E-state index in [1.54, 1.807) is 0 Å². The monoisotopic (exact) mass is 472 g/mol. The molecule has 3 rings (SSSR count). The highest BCUT2D eigenvalue weighted by atomic mass is 127. The van der Waals surface area contributed by atoms with Gasteiger partial charge in [0.2, 0.25) is 0 Å². The Labute approximate surface area is 167 Å². The molecule has 1 aromatic heterocycles. The van der Waals surface area contributed by atoms with Crippen LogP contribution >= 0.6 is 22.9 Å². The molecule has 1 N–H and O–H groups in total. The van der Waals surface area contributed by atoms with Gasteiger partial charge in [-0.25, -0.2) is 0 Å². The van der Waals surface area contributed by atoms with Crippen molar-refractivity contribution in [3.8, 4) is 0 Å². The Morgan fingerprint density at radius 3 is 2.25 bits per heavy atom. The summed E-state index contributed by atoms with van der Waals surface area (Å²) in [5.74, 6) is -0.172. The maximum absolute atomic E-state index is 12.5. The zero-order valence-electron chi connectivity index (χ0n) is 13.6. The van der Waals surface area contributed by atoms with Crippen molar-refractivity contribution in [2.45, 2.75) is 0 Å². The maximum atomic E-state index is 12.5. The van der Waals surface area contributed by atoms with E-state index in [4.69, 9.17) is 11.6 Å². The Kier molecular flexibility index (Phi) is 5.91. The van der Waals surface area contributed by atoms with E-state index < -0.39 is 0 Å². The fourth-order valence-electron chi connectivity index (χ4n) is 2.34. The summed E-state index contributed by atoms with van der Waals surface area (Å²) in [6.07, 6.45) is 0. The molecule has 0 unspecified atom stereocenters. The number of quaternary nitrogens is 1. The number of thiophene rings is 1. The van der Waals surface area contributed by atoms with E-state index in [0.29, 0.717) is 9.90 Å². The van der Waals surface area contributed by atoms with E-state index in [9.17, 15) is 4.79 Å². The van der Waals surface area contributed by atoms with Gasteiger partial charge in [0, 0.05) is 27.9 Å². The van der Waals surface area contributed by atoms with Gasteiger partial charge in [-0.3, -0.25) is 9.28 Å². The normalized spacial score (nSPS) is 11.2. The fraction of sp³-hybridized carbons (Fsp3) is 0.167. The van der Waals surface area contributed by atoms with E-state index >= 15 is 0 Å². The number of nitrogens with one attached hydrogen (secondary N) is 1. The molecular weight excluding hydrogens is 455 g/mol. The average Bonchev–Trinajstić information content (AvgIpc) is 2.85. The van der Waals surface area contributed by atoms with Crippen LogP contribution in [0.1, 0.15) is 9.67 Å². The lowest BCUT2D eigenvalue weighted by molar-refractivity contribution is -0.0000123. The largest absolute Gasteiger partial charge is 1.00 e. The Hall–Kier alpha value is -1.15. The standard InChI is InChI=1S/C18H17ClN2OS.HI/c1-21(2,3)13-10-8-12(9-11-13)20-18(22)17-16(19)14-6-4-5-7-15(14)23-17;/h4-11H,1-3H3;1H. The molecule has 0 aliphatic rings. The van der Waals surface area contributed by atoms with Crippen molar-refractivity contribution in [1.82, 2.24) is 4.48 Å². The van der Waals surface area contributed by atoms with Crippen molar-refractivity contribution in [1.29, 1.82) is 0 Å². The lowest BCUT2D eigenvalue weighted by Crippen LogP contribution is -3.00. The van der Waals surface area contributed by atoms with Gasteiger partial charge in [-0.15, -0.1) is 11.3 Å². The van der Waals surface area contributed by atoms with Gasteiger partial charge < -0.3 is 29.3 Å². The molecule has 0 atom stereocenters. The van der Waals surface area contributed by atoms with Crippen molar-refractivity contribution in [2.24, 2.45) is 0 Å². The number of rotatable bonds is 3. The molecule has 0 saturated carbocycles. The van der Waals surface area contributed by atoms with Crippen LogP contribution in [0.5, 0.6) is 0 Å². The minimum absolute atomic E-state index is 0. The first-order valence-corrected chi connectivity index (χ1v) is 8.46. The number of amides is 1. The predicted molar refractivity (Wildman–Crippen MR) is 101 cm³/mol. The number of hydrogen-bond acceptors (Lipinski definition) is 2. The summed E-state index contributed by atoms with van der Waals surface area (Å²) in [7, 11) is 6.31. The molecule has 1 amide bonds. The molecule has 2 aromatic carbocycles. The Morgan fingerprint density at radius 2 is 1.67 bits per heavy atom. The van der Waals surface area contributed by atoms with Gasteiger partial charge >= 0.3 is 0 Å². The van der Waals surface area contributed by atoms with Gasteiger partial charge in [-0.1, -0.05) is 29.8 Å². The van der Waals surface area contributed by atoms with Crippen molar-refractivity contribution < 1.29 is 28.8 Å². The summed E-state index contributed by atoms with van der Waals surface area (Å²) in [5.41, 5.74) is 1.93. The highest BCUT2D eigenvalue weighted by Crippen LogP contribution is 2.35. The molecule has 3 aromatic rings. The topological polar surface area (TPSA) is 29.1 Å². The smallest absolute Gasteiger partial charge is 0.267 e. The number of fused-ring (bicyclic) bond motifs is 1. The molecule has 6 heteroatoms. The molecule has 0 bridgehead atoms. The van der Waals surface area contributed by atoms with Gasteiger partial charge in [0.25, 0.3) is 5.91 Å². The van der Waals surface area contributed by atoms with E-state index in [-0.39, 0.29) is 29.9 Å². The fourth-order valence-corrected chi connectivity index (χ4v) is 3.75. The number of nitrogens with zero attached hydrogens (tertiary/aromatic N) is 1. The summed E-state index contributed by atoms with van der Waals surface area (Å²) >= 11 is 7.76. The van der Waals surface area contributed by atoms with Gasteiger partial charge in [-0.05, 0) is 18.2 Å². The number of carbonyl (C=O) groups excluding carboxylic acids is 1. The Bertz CT molecular complexity index is 869. The van der Waals surface area contributed by atoms with Crippen LogP contribution in [0.15, 0.2) is 48.5 Å². The first-order valence-electron chi connectivity index (χ1n) is 7.27. The zero-order chi connectivity index (χ0) is 16.6. The summed E-state index contributed by atoms with van der Waals surface area (Å²) in [6, 6.07) is 15.6. The van der Waals surface area contributed by atoms with Gasteiger partial charge in [0.15, 0.2) is 0 Å². The van der Waals surface area contributed by atoms with Gasteiger partial charge in [-0.2, -0.15) is 0 Å². The first kappa shape index (κ1) is 19.2. The van der Waals surface area contributed by atoms with Crippen LogP contribution in [0, 0.1) is 0 Å². The van der Waals surface area contributed by atoms with E-state index in [2.05, 4.69) is 26.5 Å². The third-order valence-corrected chi connectivity index (χ3v) is 5.32. The van der Waals surface area contributed by atoms with Crippen molar-refractivity contribution >= 4 is 50.3 Å². The van der Waals surface area contributed by atoms with Crippen molar-refractivity contribution in [3.05, 3.63) is 58.4 Å². The third kappa shape index (κ3) is 3.91. The van der Waals surface area contributed by atoms with Crippen LogP contribution in [0.4, 0.5) is 11.4 Å². The van der Waals surface area contributed by atoms with Crippen LogP contribution in [0.2, 0.25) is 5.02 Å². The molecular formula is C18H18ClIN2OS. The summed E-state index contributed by atoms with van der Waals surface area (Å²) in [5, 5.41) is 4.36. The van der Waals surface area contributed by atoms with E-state index in [1.165, 1.54) is 17.0 Å². The lowest BCUT2D eigenvalue weighted by Gasteiger charge is -2.23. The third-order valence-electron chi connectivity index (χ3n) is 3.64. The number of hydrogen-bond donors (Lipinski definition) is 1. The second kappa shape index (κ2) is 7.39. The minimum Gasteiger partial charge on any atom is -1.00 e. The second-order valence-electron chi connectivity index (χ2n) is 6.25. The second-order valence-corrected chi connectivity index (χ2v) is 7.68. The van der Waals surface area contributed by atoms with Gasteiger partial charge in [0.05, 0.1) is 26.2 Å². The predicted octanol–water partition coefficient (Wildman–Crippen LogP) is 2.01. The van der Waals surface area contributed by atoms with Crippen LogP contribution in [0.3, 0.4) is 0 Å². The van der Waals surface area contributed by atoms with Crippen LogP contribution in [-0.4, -0.2) is 27.1 Å². The molecule has 0 aliphatic heterocycles. The zero-order valence-corrected chi connectivity index (χ0v) is 17.4. The highest BCUT2D eigenvalue weighted by Gasteiger charge is 2.17. The molecule has 24 heavy (non-hydrogen) atoms. The van der Waals surface area contributed by atoms with Crippen LogP contribution in [0.25, 0.3) is 10.1 Å². The minimum atomic E-state index is -0.172. The number of anilines is 1. The van der Waals surface area contributed by atoms with Crippen molar-refractivity contribution in [3.63, 3.8) is 0 Å². The molecule has 1 heterocycles. The highest BCUT2D eigenvalue weighted by molar-refractivity contribution is 7.21. The molecule has 126 valence electrons. The molecule has 0 fully saturated rings. The van der Waals surface area contributed by atoms with Crippen LogP contribution in [-0.2, 0) is 0 Å². The Morgan fingerprint density at radius 1 is 1.04 bits per heavy atom. The average molecular weight is 473 g/mol. The summed E-state index contributed by atoms with van der Waals surface area (Å²) in [6.45, 7) is 0. The summed E-state index contributed by atoms with van der Waals surface area (Å²) in [4.78, 5) is 13.0.